The molecule has 1 aromatic rings. The van der Waals surface area contributed by atoms with E-state index in [0.717, 1.165) is 6.07 Å². The molecule has 3 atom stereocenters. The maximum absolute atomic E-state index is 13.9. The Balaban J connectivity index is 1.66. The summed E-state index contributed by atoms with van der Waals surface area (Å²) in [4.78, 5) is 17.3. The van der Waals surface area contributed by atoms with E-state index in [1.807, 2.05) is 0 Å². The molecular weight excluding hydrogens is 368 g/mol. The lowest BCUT2D eigenvalue weighted by Crippen LogP contribution is -2.56. The summed E-state index contributed by atoms with van der Waals surface area (Å²) in [7, 11) is -3.53. The second-order valence-corrected chi connectivity index (χ2v) is 9.45. The van der Waals surface area contributed by atoms with Crippen molar-refractivity contribution in [2.24, 2.45) is 0 Å². The van der Waals surface area contributed by atoms with Crippen molar-refractivity contribution in [1.82, 2.24) is 14.2 Å². The van der Waals surface area contributed by atoms with Crippen LogP contribution in [0.5, 0.6) is 0 Å². The molecule has 1 spiro atoms. The fourth-order valence-corrected chi connectivity index (χ4v) is 6.79. The first kappa shape index (κ1) is 17.7. The van der Waals surface area contributed by atoms with Crippen LogP contribution in [0.3, 0.4) is 0 Å². The predicted molar refractivity (Wildman–Crippen MR) is 86.8 cm³/mol. The van der Waals surface area contributed by atoms with Crippen LogP contribution in [0.25, 0.3) is 0 Å². The molecule has 3 aliphatic heterocycles. The van der Waals surface area contributed by atoms with E-state index in [0.29, 0.717) is 12.6 Å². The smallest absolute Gasteiger partial charge is 0.257 e. The zero-order valence-corrected chi connectivity index (χ0v) is 15.2. The number of morpholine rings is 1. The van der Waals surface area contributed by atoms with Crippen molar-refractivity contribution < 1.29 is 26.7 Å². The van der Waals surface area contributed by atoms with Crippen molar-refractivity contribution in [3.63, 3.8) is 0 Å². The van der Waals surface area contributed by atoms with Crippen LogP contribution >= 0.6 is 0 Å². The van der Waals surface area contributed by atoms with Crippen molar-refractivity contribution in [1.29, 1.82) is 0 Å². The van der Waals surface area contributed by atoms with Crippen LogP contribution in [-0.4, -0.2) is 71.1 Å². The van der Waals surface area contributed by atoms with Gasteiger partial charge in [-0.25, -0.2) is 17.8 Å². The zero-order chi connectivity index (χ0) is 18.9. The Morgan fingerprint density at radius 1 is 1.38 bits per heavy atom. The Hall–Kier alpha value is -1.65. The number of rotatable bonds is 2. The van der Waals surface area contributed by atoms with Crippen LogP contribution in [0, 0.1) is 11.8 Å². The molecule has 3 saturated heterocycles. The number of sulfonamides is 1. The first-order chi connectivity index (χ1) is 12.1. The van der Waals surface area contributed by atoms with Crippen molar-refractivity contribution in [2.75, 3.05) is 19.6 Å². The lowest BCUT2D eigenvalue weighted by Gasteiger charge is -2.39. The van der Waals surface area contributed by atoms with Gasteiger partial charge in [0.2, 0.25) is 16.0 Å². The molecule has 1 aromatic heterocycles. The molecule has 142 valence electrons. The number of fused-ring (bicyclic) bond motifs is 1. The number of likely N-dealkylation sites (tertiary alicyclic amines) is 1. The summed E-state index contributed by atoms with van der Waals surface area (Å²) >= 11 is 0. The van der Waals surface area contributed by atoms with Gasteiger partial charge in [0.1, 0.15) is 10.9 Å². The third-order valence-electron chi connectivity index (χ3n) is 5.37. The number of nitrogens with zero attached hydrogens (tertiary/aromatic N) is 3. The van der Waals surface area contributed by atoms with Crippen LogP contribution in [0.1, 0.15) is 30.6 Å². The minimum atomic E-state index is -3.53. The second kappa shape index (κ2) is 5.67. The first-order valence-electron chi connectivity index (χ1n) is 8.43. The van der Waals surface area contributed by atoms with Gasteiger partial charge in [-0.15, -0.1) is 0 Å². The highest BCUT2D eigenvalue weighted by atomic mass is 32.2. The molecule has 0 aromatic carbocycles. The van der Waals surface area contributed by atoms with Gasteiger partial charge in [-0.3, -0.25) is 4.79 Å². The standard InChI is InChI=1S/C16H19F2N3O4S/c1-9(2)21-8-16-7-20(6-10(25-16)3-13(16)26(21,23)24)15(22)11-4-14(18)19-5-12(11)17/h4-5,9-10,13H,3,6-8H2,1-2H3/t10-,13+,16?/m1/s1. The molecule has 0 saturated carbocycles. The predicted octanol–water partition coefficient (Wildman–Crippen LogP) is 0.766. The number of carbonyl (C=O) groups is 1. The van der Waals surface area contributed by atoms with E-state index in [9.17, 15) is 22.0 Å². The number of hydrogen-bond donors (Lipinski definition) is 0. The Morgan fingerprint density at radius 2 is 2.12 bits per heavy atom. The maximum atomic E-state index is 13.9. The van der Waals surface area contributed by atoms with E-state index >= 15 is 0 Å². The third-order valence-corrected chi connectivity index (χ3v) is 7.92. The second-order valence-electron chi connectivity index (χ2n) is 7.39. The molecule has 3 fully saturated rings. The van der Waals surface area contributed by atoms with E-state index in [2.05, 4.69) is 4.98 Å². The number of carbonyl (C=O) groups excluding carboxylic acids is 1. The quantitative estimate of drug-likeness (QED) is 0.701. The number of ether oxygens (including phenoxy) is 1. The van der Waals surface area contributed by atoms with Gasteiger partial charge in [0.25, 0.3) is 5.91 Å². The molecule has 2 bridgehead atoms. The van der Waals surface area contributed by atoms with E-state index in [-0.39, 0.29) is 25.7 Å². The van der Waals surface area contributed by atoms with E-state index in [4.69, 9.17) is 4.74 Å². The van der Waals surface area contributed by atoms with Crippen molar-refractivity contribution in [3.05, 3.63) is 29.6 Å². The summed E-state index contributed by atoms with van der Waals surface area (Å²) in [5.74, 6) is -2.54. The molecule has 7 nitrogen and oxygen atoms in total. The fraction of sp³-hybridized carbons (Fsp3) is 0.625. The van der Waals surface area contributed by atoms with Gasteiger partial charge in [0, 0.05) is 25.2 Å². The van der Waals surface area contributed by atoms with Crippen LogP contribution in [-0.2, 0) is 14.8 Å². The van der Waals surface area contributed by atoms with Crippen molar-refractivity contribution in [3.8, 4) is 0 Å². The average molecular weight is 387 g/mol. The van der Waals surface area contributed by atoms with Gasteiger partial charge >= 0.3 is 0 Å². The van der Waals surface area contributed by atoms with Crippen LogP contribution < -0.4 is 0 Å². The summed E-state index contributed by atoms with van der Waals surface area (Å²) in [6.45, 7) is 3.91. The van der Waals surface area contributed by atoms with E-state index in [1.165, 1.54) is 9.21 Å². The third kappa shape index (κ3) is 2.46. The summed E-state index contributed by atoms with van der Waals surface area (Å²) < 4.78 is 60.3. The number of amides is 1. The highest BCUT2D eigenvalue weighted by Gasteiger charge is 2.66. The minimum Gasteiger partial charge on any atom is -0.365 e. The highest BCUT2D eigenvalue weighted by Crippen LogP contribution is 2.47. The van der Waals surface area contributed by atoms with E-state index < -0.39 is 50.2 Å². The van der Waals surface area contributed by atoms with E-state index in [1.54, 1.807) is 13.8 Å². The first-order valence-corrected chi connectivity index (χ1v) is 9.93. The van der Waals surface area contributed by atoms with Gasteiger partial charge in [0.15, 0.2) is 5.82 Å². The van der Waals surface area contributed by atoms with Crippen LogP contribution in [0.15, 0.2) is 12.3 Å². The van der Waals surface area contributed by atoms with Crippen molar-refractivity contribution in [2.45, 2.75) is 43.3 Å². The van der Waals surface area contributed by atoms with Gasteiger partial charge in [-0.1, -0.05) is 0 Å². The zero-order valence-electron chi connectivity index (χ0n) is 14.4. The molecule has 4 heterocycles. The maximum Gasteiger partial charge on any atom is 0.257 e. The lowest BCUT2D eigenvalue weighted by molar-refractivity contribution is -0.0989. The summed E-state index contributed by atoms with van der Waals surface area (Å²) in [6.07, 6.45) is 0.526. The Morgan fingerprint density at radius 3 is 2.81 bits per heavy atom. The molecule has 1 unspecified atom stereocenters. The van der Waals surface area contributed by atoms with Gasteiger partial charge in [-0.05, 0) is 20.3 Å². The number of halogens is 2. The molecule has 0 N–H and O–H groups in total. The molecule has 4 rings (SSSR count). The minimum absolute atomic E-state index is 0.0266. The fourth-order valence-electron chi connectivity index (χ4n) is 4.27. The van der Waals surface area contributed by atoms with Crippen LogP contribution in [0.4, 0.5) is 8.78 Å². The number of pyridine rings is 1. The molecule has 3 aliphatic rings. The largest absolute Gasteiger partial charge is 0.365 e. The number of hydrogen-bond acceptors (Lipinski definition) is 5. The van der Waals surface area contributed by atoms with Crippen molar-refractivity contribution >= 4 is 15.9 Å². The SMILES string of the molecule is CC(C)N1CC23CN(C(=O)c4cc(F)ncc4F)C[C@@H](C[C@@H]2S1(=O)=O)O3. The normalized spacial score (nSPS) is 32.9. The lowest BCUT2D eigenvalue weighted by atomic mass is 9.98. The Labute approximate surface area is 150 Å². The molecule has 26 heavy (non-hydrogen) atoms. The van der Waals surface area contributed by atoms with Gasteiger partial charge < -0.3 is 9.64 Å². The number of aromatic nitrogens is 1. The summed E-state index contributed by atoms with van der Waals surface area (Å²) in [6, 6.07) is 0.538. The highest BCUT2D eigenvalue weighted by molar-refractivity contribution is 7.90. The Bertz CT molecular complexity index is 878. The monoisotopic (exact) mass is 387 g/mol. The van der Waals surface area contributed by atoms with Crippen LogP contribution in [0.2, 0.25) is 0 Å². The molecule has 10 heteroatoms. The summed E-state index contributed by atoms with van der Waals surface area (Å²) in [5.41, 5.74) is -1.43. The molecule has 0 radical (unpaired) electrons. The Kier molecular flexibility index (Phi) is 3.87. The van der Waals surface area contributed by atoms with Gasteiger partial charge in [0.05, 0.1) is 24.4 Å². The average Bonchev–Trinajstić information content (AvgIpc) is 2.95. The van der Waals surface area contributed by atoms with Gasteiger partial charge in [-0.2, -0.15) is 8.70 Å². The molecular formula is C16H19F2N3O4S. The topological polar surface area (TPSA) is 79.8 Å². The molecule has 0 aliphatic carbocycles. The molecule has 1 amide bonds. The summed E-state index contributed by atoms with van der Waals surface area (Å²) in [5, 5.41) is -0.723.